The molecule has 1 saturated heterocycles. The van der Waals surface area contributed by atoms with Gasteiger partial charge in [-0.3, -0.25) is 0 Å². The smallest absolute Gasteiger partial charge is 0.160 e. The van der Waals surface area contributed by atoms with Crippen molar-refractivity contribution in [1.82, 2.24) is 0 Å². The number of anilines is 1. The Bertz CT molecular complexity index is 393. The summed E-state index contributed by atoms with van der Waals surface area (Å²) < 4.78 is 25.9. The summed E-state index contributed by atoms with van der Waals surface area (Å²) in [5.41, 5.74) is 6.53. The quantitative estimate of drug-likeness (QED) is 0.879. The number of nitrogens with two attached hydrogens (primary N) is 1. The molecule has 1 aliphatic rings. The van der Waals surface area contributed by atoms with Gasteiger partial charge in [-0.1, -0.05) is 0 Å². The van der Waals surface area contributed by atoms with Crippen LogP contribution in [-0.4, -0.2) is 19.1 Å². The van der Waals surface area contributed by atoms with Crippen molar-refractivity contribution in [2.24, 2.45) is 11.7 Å². The lowest BCUT2D eigenvalue weighted by Gasteiger charge is -2.19. The average molecular weight is 240 g/mol. The molecule has 1 aliphatic heterocycles. The van der Waals surface area contributed by atoms with Crippen LogP contribution in [0.2, 0.25) is 0 Å². The number of rotatable bonds is 3. The summed E-state index contributed by atoms with van der Waals surface area (Å²) in [6.45, 7) is 3.77. The van der Waals surface area contributed by atoms with Gasteiger partial charge in [0.2, 0.25) is 0 Å². The van der Waals surface area contributed by atoms with Crippen molar-refractivity contribution in [1.29, 1.82) is 0 Å². The maximum atomic E-state index is 13.1. The summed E-state index contributed by atoms with van der Waals surface area (Å²) in [6.07, 6.45) is 2.06. The number of benzene rings is 1. The number of nitrogens with zero attached hydrogens (tertiary/aromatic N) is 1. The zero-order valence-electron chi connectivity index (χ0n) is 10.00. The Morgan fingerprint density at radius 2 is 2.18 bits per heavy atom. The summed E-state index contributed by atoms with van der Waals surface area (Å²) in [5, 5.41) is 0. The topological polar surface area (TPSA) is 29.3 Å². The molecular formula is C13H18F2N2. The summed E-state index contributed by atoms with van der Waals surface area (Å²) in [4.78, 5) is 2.09. The van der Waals surface area contributed by atoms with E-state index in [1.54, 1.807) is 6.07 Å². The SMILES string of the molecule is CC(N)CC1CCN(c2ccc(F)c(F)c2)C1. The Morgan fingerprint density at radius 1 is 1.41 bits per heavy atom. The first kappa shape index (κ1) is 12.3. The van der Waals surface area contributed by atoms with Crippen molar-refractivity contribution < 1.29 is 8.78 Å². The number of hydrogen-bond acceptors (Lipinski definition) is 2. The van der Waals surface area contributed by atoms with Gasteiger partial charge in [0.15, 0.2) is 11.6 Å². The third kappa shape index (κ3) is 2.94. The number of halogens is 2. The Morgan fingerprint density at radius 3 is 2.82 bits per heavy atom. The fourth-order valence-corrected chi connectivity index (χ4v) is 2.47. The Hall–Kier alpha value is -1.16. The van der Waals surface area contributed by atoms with Crippen LogP contribution in [-0.2, 0) is 0 Å². The van der Waals surface area contributed by atoms with Crippen molar-refractivity contribution in [2.45, 2.75) is 25.8 Å². The molecule has 0 spiro atoms. The molecule has 0 saturated carbocycles. The molecule has 1 aromatic rings. The molecule has 2 nitrogen and oxygen atoms in total. The second-order valence-electron chi connectivity index (χ2n) is 4.91. The van der Waals surface area contributed by atoms with Crippen LogP contribution < -0.4 is 10.6 Å². The van der Waals surface area contributed by atoms with Crippen molar-refractivity contribution in [2.75, 3.05) is 18.0 Å². The highest BCUT2D eigenvalue weighted by Gasteiger charge is 2.23. The van der Waals surface area contributed by atoms with E-state index >= 15 is 0 Å². The lowest BCUT2D eigenvalue weighted by atomic mass is 10.0. The standard InChI is InChI=1S/C13H18F2N2/c1-9(16)6-10-4-5-17(8-10)11-2-3-12(14)13(15)7-11/h2-3,7,9-10H,4-6,8,16H2,1H3. The van der Waals surface area contributed by atoms with E-state index in [-0.39, 0.29) is 6.04 Å². The van der Waals surface area contributed by atoms with E-state index in [0.29, 0.717) is 5.92 Å². The molecule has 0 bridgehead atoms. The van der Waals surface area contributed by atoms with Gasteiger partial charge in [-0.25, -0.2) is 8.78 Å². The second-order valence-corrected chi connectivity index (χ2v) is 4.91. The molecule has 1 fully saturated rings. The zero-order chi connectivity index (χ0) is 12.4. The molecular weight excluding hydrogens is 222 g/mol. The fraction of sp³-hybridized carbons (Fsp3) is 0.538. The van der Waals surface area contributed by atoms with Crippen molar-refractivity contribution in [3.63, 3.8) is 0 Å². The highest BCUT2D eigenvalue weighted by Crippen LogP contribution is 2.27. The highest BCUT2D eigenvalue weighted by atomic mass is 19.2. The normalized spacial score (nSPS) is 21.9. The van der Waals surface area contributed by atoms with Crippen molar-refractivity contribution in [3.8, 4) is 0 Å². The third-order valence-corrected chi connectivity index (χ3v) is 3.26. The van der Waals surface area contributed by atoms with Crippen LogP contribution in [0.25, 0.3) is 0 Å². The van der Waals surface area contributed by atoms with Gasteiger partial charge >= 0.3 is 0 Å². The Labute approximate surface area is 100 Å². The molecule has 0 amide bonds. The van der Waals surface area contributed by atoms with Crippen molar-refractivity contribution in [3.05, 3.63) is 29.8 Å². The van der Waals surface area contributed by atoms with Gasteiger partial charge < -0.3 is 10.6 Å². The molecule has 0 aromatic heterocycles. The van der Waals surface area contributed by atoms with E-state index < -0.39 is 11.6 Å². The van der Waals surface area contributed by atoms with Gasteiger partial charge in [0.1, 0.15) is 0 Å². The minimum atomic E-state index is -0.792. The van der Waals surface area contributed by atoms with Gasteiger partial charge in [0, 0.05) is 30.9 Å². The first-order valence-electron chi connectivity index (χ1n) is 6.02. The molecule has 2 unspecified atom stereocenters. The summed E-state index contributed by atoms with van der Waals surface area (Å²) in [5.74, 6) is -1.01. The largest absolute Gasteiger partial charge is 0.371 e. The first-order chi connectivity index (χ1) is 8.06. The highest BCUT2D eigenvalue weighted by molar-refractivity contribution is 5.47. The van der Waals surface area contributed by atoms with E-state index in [1.807, 2.05) is 6.92 Å². The van der Waals surface area contributed by atoms with Gasteiger partial charge in [-0.15, -0.1) is 0 Å². The Balaban J connectivity index is 2.02. The molecule has 1 aromatic carbocycles. The predicted molar refractivity (Wildman–Crippen MR) is 64.9 cm³/mol. The summed E-state index contributed by atoms with van der Waals surface area (Å²) in [6, 6.07) is 4.28. The lowest BCUT2D eigenvalue weighted by Crippen LogP contribution is -2.23. The van der Waals surface area contributed by atoms with Crippen LogP contribution >= 0.6 is 0 Å². The first-order valence-corrected chi connectivity index (χ1v) is 6.02. The van der Waals surface area contributed by atoms with Crippen molar-refractivity contribution >= 4 is 5.69 Å². The molecule has 17 heavy (non-hydrogen) atoms. The van der Waals surface area contributed by atoms with Crippen LogP contribution in [0.4, 0.5) is 14.5 Å². The van der Waals surface area contributed by atoms with Crippen LogP contribution in [0.15, 0.2) is 18.2 Å². The van der Waals surface area contributed by atoms with E-state index in [0.717, 1.165) is 31.6 Å². The molecule has 2 atom stereocenters. The maximum Gasteiger partial charge on any atom is 0.160 e. The molecule has 4 heteroatoms. The lowest BCUT2D eigenvalue weighted by molar-refractivity contribution is 0.485. The fourth-order valence-electron chi connectivity index (χ4n) is 2.47. The van der Waals surface area contributed by atoms with Gasteiger partial charge in [-0.05, 0) is 37.8 Å². The predicted octanol–water partition coefficient (Wildman–Crippen LogP) is 2.53. The van der Waals surface area contributed by atoms with E-state index in [2.05, 4.69) is 4.90 Å². The minimum Gasteiger partial charge on any atom is -0.371 e. The summed E-state index contributed by atoms with van der Waals surface area (Å²) >= 11 is 0. The van der Waals surface area contributed by atoms with Gasteiger partial charge in [0.25, 0.3) is 0 Å². The molecule has 0 aliphatic carbocycles. The molecule has 94 valence electrons. The van der Waals surface area contributed by atoms with Crippen LogP contribution in [0.5, 0.6) is 0 Å². The monoisotopic (exact) mass is 240 g/mol. The Kier molecular flexibility index (Phi) is 3.62. The third-order valence-electron chi connectivity index (χ3n) is 3.26. The van der Waals surface area contributed by atoms with Gasteiger partial charge in [0.05, 0.1) is 0 Å². The molecule has 2 rings (SSSR count). The van der Waals surface area contributed by atoms with Gasteiger partial charge in [-0.2, -0.15) is 0 Å². The molecule has 1 heterocycles. The van der Waals surface area contributed by atoms with Crippen LogP contribution in [0, 0.1) is 17.6 Å². The second kappa shape index (κ2) is 5.00. The van der Waals surface area contributed by atoms with Crippen LogP contribution in [0.1, 0.15) is 19.8 Å². The summed E-state index contributed by atoms with van der Waals surface area (Å²) in [7, 11) is 0. The molecule has 2 N–H and O–H groups in total. The minimum absolute atomic E-state index is 0.199. The maximum absolute atomic E-state index is 13.1. The van der Waals surface area contributed by atoms with E-state index in [1.165, 1.54) is 12.1 Å². The average Bonchev–Trinajstić information content (AvgIpc) is 2.69. The van der Waals surface area contributed by atoms with E-state index in [9.17, 15) is 8.78 Å². The van der Waals surface area contributed by atoms with E-state index in [4.69, 9.17) is 5.73 Å². The van der Waals surface area contributed by atoms with Crippen LogP contribution in [0.3, 0.4) is 0 Å². The zero-order valence-corrected chi connectivity index (χ0v) is 10.00. The molecule has 0 radical (unpaired) electrons. The number of hydrogen-bond donors (Lipinski definition) is 1.